The minimum absolute atomic E-state index is 0.190. The first-order chi connectivity index (χ1) is 11.7. The van der Waals surface area contributed by atoms with Gasteiger partial charge in [-0.05, 0) is 38.1 Å². The summed E-state index contributed by atoms with van der Waals surface area (Å²) in [6.07, 6.45) is 5.21. The molecule has 3 aromatic rings. The van der Waals surface area contributed by atoms with Crippen molar-refractivity contribution in [1.29, 1.82) is 0 Å². The number of hydrogen-bond acceptors (Lipinski definition) is 4. The lowest BCUT2D eigenvalue weighted by Gasteiger charge is -2.13. The average Bonchev–Trinajstić information content (AvgIpc) is 3.05. The van der Waals surface area contributed by atoms with Crippen LogP contribution in [0.15, 0.2) is 49.1 Å². The quantitative estimate of drug-likeness (QED) is 0.754. The predicted octanol–water partition coefficient (Wildman–Crippen LogP) is 3.38. The molecule has 0 aliphatic heterocycles. The van der Waals surface area contributed by atoms with Gasteiger partial charge in [0.05, 0.1) is 31.3 Å². The summed E-state index contributed by atoms with van der Waals surface area (Å²) >= 11 is 0. The van der Waals surface area contributed by atoms with Gasteiger partial charge in [-0.3, -0.25) is 4.79 Å². The molecule has 2 aromatic heterocycles. The molecule has 0 radical (unpaired) electrons. The van der Waals surface area contributed by atoms with Crippen LogP contribution in [0.2, 0.25) is 0 Å². The van der Waals surface area contributed by atoms with Crippen molar-refractivity contribution in [3.63, 3.8) is 0 Å². The molecule has 1 aromatic carbocycles. The zero-order valence-electron chi connectivity index (χ0n) is 13.7. The lowest BCUT2D eigenvalue weighted by Crippen LogP contribution is -2.12. The topological polar surface area (TPSA) is 64.9 Å². The molecule has 0 aliphatic rings. The van der Waals surface area contributed by atoms with E-state index in [0.29, 0.717) is 36.0 Å². The fourth-order valence-electron chi connectivity index (χ4n) is 2.39. The first kappa shape index (κ1) is 15.9. The number of carbonyl (C=O) groups is 1. The Balaban J connectivity index is 1.81. The molecule has 24 heavy (non-hydrogen) atoms. The SMILES string of the molecule is CCOc1ccc(NC(=O)c2ccn3cncc3c2)cc1OCC. The standard InChI is InChI=1S/C18H19N3O3/c1-3-23-16-6-5-14(10-17(16)24-4-2)20-18(22)13-7-8-21-12-19-11-15(21)9-13/h5-12H,3-4H2,1-2H3,(H,20,22). The molecule has 1 amide bonds. The van der Waals surface area contributed by atoms with E-state index in [1.54, 1.807) is 49.1 Å². The molecule has 6 heteroatoms. The first-order valence-electron chi connectivity index (χ1n) is 7.84. The van der Waals surface area contributed by atoms with Crippen LogP contribution in [-0.2, 0) is 0 Å². The van der Waals surface area contributed by atoms with E-state index in [1.165, 1.54) is 0 Å². The summed E-state index contributed by atoms with van der Waals surface area (Å²) in [5.41, 5.74) is 2.08. The number of carbonyl (C=O) groups excluding carboxylic acids is 1. The lowest BCUT2D eigenvalue weighted by molar-refractivity contribution is 0.102. The van der Waals surface area contributed by atoms with Gasteiger partial charge in [0.25, 0.3) is 5.91 Å². The Labute approximate surface area is 140 Å². The molecule has 6 nitrogen and oxygen atoms in total. The second kappa shape index (κ2) is 7.04. The third-order valence-corrected chi connectivity index (χ3v) is 3.48. The fraction of sp³-hybridized carbons (Fsp3) is 0.222. The normalized spacial score (nSPS) is 10.6. The van der Waals surface area contributed by atoms with Crippen molar-refractivity contribution >= 4 is 17.1 Å². The molecule has 0 unspecified atom stereocenters. The number of fused-ring (bicyclic) bond motifs is 1. The Kier molecular flexibility index (Phi) is 4.65. The van der Waals surface area contributed by atoms with Gasteiger partial charge < -0.3 is 19.2 Å². The minimum atomic E-state index is -0.190. The summed E-state index contributed by atoms with van der Waals surface area (Å²) in [4.78, 5) is 16.5. The van der Waals surface area contributed by atoms with E-state index >= 15 is 0 Å². The summed E-state index contributed by atoms with van der Waals surface area (Å²) in [6, 6.07) is 8.90. The van der Waals surface area contributed by atoms with E-state index in [0.717, 1.165) is 5.52 Å². The lowest BCUT2D eigenvalue weighted by atomic mass is 10.2. The van der Waals surface area contributed by atoms with Crippen molar-refractivity contribution in [3.05, 3.63) is 54.6 Å². The van der Waals surface area contributed by atoms with Gasteiger partial charge in [0.2, 0.25) is 0 Å². The zero-order chi connectivity index (χ0) is 16.9. The van der Waals surface area contributed by atoms with Crippen molar-refractivity contribution in [2.24, 2.45) is 0 Å². The van der Waals surface area contributed by atoms with Crippen molar-refractivity contribution < 1.29 is 14.3 Å². The number of anilines is 1. The van der Waals surface area contributed by atoms with Crippen LogP contribution in [0.3, 0.4) is 0 Å². The number of nitrogens with zero attached hydrogens (tertiary/aromatic N) is 2. The minimum Gasteiger partial charge on any atom is -0.490 e. The summed E-state index contributed by atoms with van der Waals surface area (Å²) < 4.78 is 13.0. The Hall–Kier alpha value is -3.02. The highest BCUT2D eigenvalue weighted by Crippen LogP contribution is 2.30. The van der Waals surface area contributed by atoms with Crippen molar-refractivity contribution in [1.82, 2.24) is 9.38 Å². The molecule has 124 valence electrons. The van der Waals surface area contributed by atoms with Crippen LogP contribution in [0.25, 0.3) is 5.52 Å². The van der Waals surface area contributed by atoms with Crippen LogP contribution in [0.4, 0.5) is 5.69 Å². The van der Waals surface area contributed by atoms with Gasteiger partial charge in [-0.25, -0.2) is 4.98 Å². The Morgan fingerprint density at radius 1 is 1.12 bits per heavy atom. The maximum Gasteiger partial charge on any atom is 0.255 e. The van der Waals surface area contributed by atoms with Gasteiger partial charge in [-0.1, -0.05) is 0 Å². The average molecular weight is 325 g/mol. The highest BCUT2D eigenvalue weighted by atomic mass is 16.5. The number of nitrogens with one attached hydrogen (secondary N) is 1. The maximum absolute atomic E-state index is 12.4. The third-order valence-electron chi connectivity index (χ3n) is 3.48. The first-order valence-corrected chi connectivity index (χ1v) is 7.84. The van der Waals surface area contributed by atoms with Crippen LogP contribution >= 0.6 is 0 Å². The predicted molar refractivity (Wildman–Crippen MR) is 91.9 cm³/mol. The Bertz CT molecular complexity index is 858. The van der Waals surface area contributed by atoms with E-state index in [4.69, 9.17) is 9.47 Å². The highest BCUT2D eigenvalue weighted by Gasteiger charge is 2.10. The number of ether oxygens (including phenoxy) is 2. The number of pyridine rings is 1. The van der Waals surface area contributed by atoms with Gasteiger partial charge in [-0.2, -0.15) is 0 Å². The molecule has 1 N–H and O–H groups in total. The van der Waals surface area contributed by atoms with Gasteiger partial charge in [-0.15, -0.1) is 0 Å². The van der Waals surface area contributed by atoms with E-state index in [1.807, 2.05) is 18.2 Å². The maximum atomic E-state index is 12.4. The number of aromatic nitrogens is 2. The number of rotatable bonds is 6. The van der Waals surface area contributed by atoms with Crippen LogP contribution in [0.1, 0.15) is 24.2 Å². The molecule has 3 rings (SSSR count). The molecule has 0 saturated carbocycles. The number of amides is 1. The van der Waals surface area contributed by atoms with Crippen LogP contribution in [0.5, 0.6) is 11.5 Å². The molecular weight excluding hydrogens is 306 g/mol. The van der Waals surface area contributed by atoms with E-state index in [-0.39, 0.29) is 5.91 Å². The molecule has 0 fully saturated rings. The van der Waals surface area contributed by atoms with Crippen molar-refractivity contribution in [2.75, 3.05) is 18.5 Å². The molecule has 0 atom stereocenters. The molecule has 0 spiro atoms. The number of imidazole rings is 1. The zero-order valence-corrected chi connectivity index (χ0v) is 13.7. The smallest absolute Gasteiger partial charge is 0.255 e. The van der Waals surface area contributed by atoms with E-state index in [2.05, 4.69) is 10.3 Å². The molecule has 0 bridgehead atoms. The van der Waals surface area contributed by atoms with Crippen LogP contribution in [-0.4, -0.2) is 28.5 Å². The monoisotopic (exact) mass is 325 g/mol. The third kappa shape index (κ3) is 3.32. The molecule has 2 heterocycles. The highest BCUT2D eigenvalue weighted by molar-refractivity contribution is 6.05. The number of hydrogen-bond donors (Lipinski definition) is 1. The second-order valence-electron chi connectivity index (χ2n) is 5.12. The summed E-state index contributed by atoms with van der Waals surface area (Å²) in [7, 11) is 0. The van der Waals surface area contributed by atoms with Crippen LogP contribution in [0, 0.1) is 0 Å². The molecular formula is C18H19N3O3. The van der Waals surface area contributed by atoms with E-state index in [9.17, 15) is 4.79 Å². The summed E-state index contributed by atoms with van der Waals surface area (Å²) in [6.45, 7) is 4.90. The largest absolute Gasteiger partial charge is 0.490 e. The van der Waals surface area contributed by atoms with Crippen molar-refractivity contribution in [3.8, 4) is 11.5 Å². The van der Waals surface area contributed by atoms with E-state index < -0.39 is 0 Å². The van der Waals surface area contributed by atoms with Gasteiger partial charge >= 0.3 is 0 Å². The second-order valence-corrected chi connectivity index (χ2v) is 5.12. The Morgan fingerprint density at radius 3 is 2.71 bits per heavy atom. The van der Waals surface area contributed by atoms with Gasteiger partial charge in [0.15, 0.2) is 11.5 Å². The van der Waals surface area contributed by atoms with Gasteiger partial charge in [0, 0.05) is 23.5 Å². The van der Waals surface area contributed by atoms with Crippen LogP contribution < -0.4 is 14.8 Å². The molecule has 0 aliphatic carbocycles. The van der Waals surface area contributed by atoms with Gasteiger partial charge in [0.1, 0.15) is 0 Å². The van der Waals surface area contributed by atoms with Crippen molar-refractivity contribution in [2.45, 2.75) is 13.8 Å². The summed E-state index contributed by atoms with van der Waals surface area (Å²) in [5.74, 6) is 1.09. The molecule has 0 saturated heterocycles. The number of benzene rings is 1. The Morgan fingerprint density at radius 2 is 1.92 bits per heavy atom. The summed E-state index contributed by atoms with van der Waals surface area (Å²) in [5, 5.41) is 2.88. The fourth-order valence-corrected chi connectivity index (χ4v) is 2.39.